The number of ketones is 1. The van der Waals surface area contributed by atoms with Gasteiger partial charge in [-0.1, -0.05) is 12.1 Å². The number of ether oxygens (including phenoxy) is 2. The lowest BCUT2D eigenvalue weighted by Gasteiger charge is -2.30. The number of carbonyl (C=O) groups excluding carboxylic acids is 3. The molecule has 10 nitrogen and oxygen atoms in total. The molecule has 208 valence electrons. The summed E-state index contributed by atoms with van der Waals surface area (Å²) in [7, 11) is 0. The predicted molar refractivity (Wildman–Crippen MR) is 139 cm³/mol. The Morgan fingerprint density at radius 2 is 1.84 bits per heavy atom. The van der Waals surface area contributed by atoms with E-state index in [1.54, 1.807) is 4.90 Å². The second kappa shape index (κ2) is 13.7. The zero-order valence-electron chi connectivity index (χ0n) is 21.9. The van der Waals surface area contributed by atoms with Crippen molar-refractivity contribution < 1.29 is 33.8 Å². The quantitative estimate of drug-likeness (QED) is 0.590. The number of likely N-dealkylation sites (tertiary alicyclic amines) is 1. The Balaban J connectivity index is 1.59. The van der Waals surface area contributed by atoms with Gasteiger partial charge in [-0.2, -0.15) is 0 Å². The van der Waals surface area contributed by atoms with E-state index in [9.17, 15) is 24.3 Å². The van der Waals surface area contributed by atoms with Crippen LogP contribution >= 0.6 is 0 Å². The van der Waals surface area contributed by atoms with Crippen LogP contribution in [0.2, 0.25) is 0 Å². The van der Waals surface area contributed by atoms with Gasteiger partial charge in [0.1, 0.15) is 11.8 Å². The second-order valence-electron chi connectivity index (χ2n) is 10.4. The normalized spacial score (nSPS) is 26.6. The van der Waals surface area contributed by atoms with E-state index in [4.69, 9.17) is 9.47 Å². The van der Waals surface area contributed by atoms with Gasteiger partial charge in [-0.15, -0.1) is 0 Å². The molecule has 3 atom stereocenters. The third-order valence-corrected chi connectivity index (χ3v) is 7.67. The number of morpholine rings is 1. The van der Waals surface area contributed by atoms with Crippen LogP contribution in [0.4, 0.5) is 0 Å². The van der Waals surface area contributed by atoms with Crippen LogP contribution in [0.15, 0.2) is 24.3 Å². The highest BCUT2D eigenvalue weighted by atomic mass is 16.5. The number of Topliss-reactive ketones (excluding diaryl/α,β-unsaturated/α-hetero) is 1. The Morgan fingerprint density at radius 1 is 1.03 bits per heavy atom. The molecule has 3 aliphatic rings. The second-order valence-corrected chi connectivity index (χ2v) is 10.4. The van der Waals surface area contributed by atoms with Crippen LogP contribution in [-0.4, -0.2) is 96.6 Å². The number of amides is 2. The topological polar surface area (TPSA) is 125 Å². The van der Waals surface area contributed by atoms with Crippen LogP contribution < -0.4 is 10.1 Å². The van der Waals surface area contributed by atoms with Crippen molar-refractivity contribution in [2.24, 2.45) is 5.92 Å². The fourth-order valence-corrected chi connectivity index (χ4v) is 5.44. The van der Waals surface area contributed by atoms with E-state index in [0.29, 0.717) is 77.2 Å². The first kappa shape index (κ1) is 28.0. The Kier molecular flexibility index (Phi) is 10.1. The first-order chi connectivity index (χ1) is 18.4. The van der Waals surface area contributed by atoms with E-state index in [-0.39, 0.29) is 24.5 Å². The summed E-state index contributed by atoms with van der Waals surface area (Å²) in [4.78, 5) is 55.6. The fourth-order valence-electron chi connectivity index (χ4n) is 5.44. The number of hydrogen-bond acceptors (Lipinski definition) is 7. The van der Waals surface area contributed by atoms with Gasteiger partial charge in [-0.25, -0.2) is 4.79 Å². The zero-order chi connectivity index (χ0) is 26.9. The molecule has 2 fully saturated rings. The molecule has 38 heavy (non-hydrogen) atoms. The van der Waals surface area contributed by atoms with Gasteiger partial charge < -0.3 is 24.8 Å². The highest BCUT2D eigenvalue weighted by molar-refractivity contribution is 5.94. The summed E-state index contributed by atoms with van der Waals surface area (Å²) < 4.78 is 11.3. The number of hydrogen-bond donors (Lipinski definition) is 2. The molecule has 0 spiro atoms. The van der Waals surface area contributed by atoms with Gasteiger partial charge in [0.15, 0.2) is 5.78 Å². The number of benzene rings is 1. The minimum atomic E-state index is -1.09. The Hall–Kier alpha value is -2.98. The predicted octanol–water partition coefficient (Wildman–Crippen LogP) is 1.65. The molecular formula is C28H39N3O7. The number of carbonyl (C=O) groups is 4. The molecule has 0 saturated carbocycles. The van der Waals surface area contributed by atoms with Gasteiger partial charge in [0.2, 0.25) is 11.8 Å². The highest BCUT2D eigenvalue weighted by Crippen LogP contribution is 2.24. The van der Waals surface area contributed by atoms with Crippen LogP contribution in [0.5, 0.6) is 5.75 Å². The van der Waals surface area contributed by atoms with E-state index in [0.717, 1.165) is 18.7 Å². The highest BCUT2D eigenvalue weighted by Gasteiger charge is 2.36. The van der Waals surface area contributed by atoms with Gasteiger partial charge >= 0.3 is 5.97 Å². The van der Waals surface area contributed by atoms with Crippen LogP contribution in [0.3, 0.4) is 0 Å². The Labute approximate surface area is 223 Å². The lowest BCUT2D eigenvalue weighted by atomic mass is 9.90. The molecule has 2 N–H and O–H groups in total. The van der Waals surface area contributed by atoms with Crippen molar-refractivity contribution in [3.05, 3.63) is 29.8 Å². The van der Waals surface area contributed by atoms with E-state index >= 15 is 0 Å². The third kappa shape index (κ3) is 7.77. The molecule has 3 aliphatic heterocycles. The summed E-state index contributed by atoms with van der Waals surface area (Å²) in [5.74, 6) is -1.74. The van der Waals surface area contributed by atoms with Crippen molar-refractivity contribution in [1.29, 1.82) is 0 Å². The number of fused-ring (bicyclic) bond motifs is 2. The Morgan fingerprint density at radius 3 is 2.58 bits per heavy atom. The average molecular weight is 530 g/mol. The molecule has 2 bridgehead atoms. The van der Waals surface area contributed by atoms with Crippen LogP contribution in [0.1, 0.15) is 50.5 Å². The maximum atomic E-state index is 13.8. The number of rotatable bonds is 5. The summed E-state index contributed by atoms with van der Waals surface area (Å²) in [6, 6.07) is 5.84. The maximum absolute atomic E-state index is 13.8. The fraction of sp³-hybridized carbons (Fsp3) is 0.643. The lowest BCUT2D eigenvalue weighted by Crippen LogP contribution is -2.48. The number of carboxylic acid groups (broad SMARTS) is 1. The molecule has 1 aromatic rings. The molecule has 1 aromatic carbocycles. The van der Waals surface area contributed by atoms with Crippen LogP contribution in [0, 0.1) is 5.92 Å². The molecule has 2 amide bonds. The number of nitrogens with zero attached hydrogens (tertiary/aromatic N) is 2. The van der Waals surface area contributed by atoms with Crippen molar-refractivity contribution in [2.45, 2.75) is 63.5 Å². The minimum Gasteiger partial charge on any atom is -0.494 e. The van der Waals surface area contributed by atoms with Crippen molar-refractivity contribution in [1.82, 2.24) is 15.1 Å². The smallest absolute Gasteiger partial charge is 0.326 e. The Bertz CT molecular complexity index is 994. The van der Waals surface area contributed by atoms with Crippen LogP contribution in [0.25, 0.3) is 0 Å². The number of carboxylic acids is 1. The largest absolute Gasteiger partial charge is 0.494 e. The molecule has 0 aliphatic carbocycles. The van der Waals surface area contributed by atoms with E-state index in [1.807, 2.05) is 24.3 Å². The van der Waals surface area contributed by atoms with Crippen molar-refractivity contribution in [3.8, 4) is 5.75 Å². The van der Waals surface area contributed by atoms with Crippen LogP contribution in [-0.2, 0) is 30.3 Å². The van der Waals surface area contributed by atoms with E-state index in [1.165, 1.54) is 0 Å². The monoisotopic (exact) mass is 529 g/mol. The molecule has 10 heteroatoms. The lowest BCUT2D eigenvalue weighted by molar-refractivity contribution is -0.143. The third-order valence-electron chi connectivity index (χ3n) is 7.67. The SMILES string of the molecule is O=C1N[C@H](C(=O)O)CCCCOc2cccc(c2)C[C@H](N2CCCC2=O)C(=O)C[C@H]1CCN1CCOCC1. The minimum absolute atomic E-state index is 0.0485. The van der Waals surface area contributed by atoms with Crippen molar-refractivity contribution in [2.75, 3.05) is 46.0 Å². The first-order valence-electron chi connectivity index (χ1n) is 13.8. The van der Waals surface area contributed by atoms with Gasteiger partial charge in [-0.05, 0) is 56.3 Å². The van der Waals surface area contributed by atoms with Gasteiger partial charge in [0.25, 0.3) is 0 Å². The van der Waals surface area contributed by atoms with E-state index < -0.39 is 29.9 Å². The molecule has 2 saturated heterocycles. The molecule has 0 aromatic heterocycles. The molecule has 4 rings (SSSR count). The molecular weight excluding hydrogens is 490 g/mol. The standard InChI is InChI=1S/C28H39N3O7/c32-25-19-21(9-11-30-12-15-37-16-13-30)27(34)29-23(28(35)36)7-1-2-14-38-22-6-3-5-20(17-22)18-24(25)31-10-4-8-26(31)33/h3,5-6,17,21,23-24H,1-2,4,7-16,18-19H2,(H,29,34)(H,35,36)/t21-,23+,24+/m1/s1. The summed E-state index contributed by atoms with van der Waals surface area (Å²) >= 11 is 0. The zero-order valence-corrected chi connectivity index (χ0v) is 21.9. The summed E-state index contributed by atoms with van der Waals surface area (Å²) in [5, 5.41) is 12.4. The summed E-state index contributed by atoms with van der Waals surface area (Å²) in [5.41, 5.74) is 0.896. The van der Waals surface area contributed by atoms with Gasteiger partial charge in [-0.3, -0.25) is 19.3 Å². The maximum Gasteiger partial charge on any atom is 0.326 e. The summed E-state index contributed by atoms with van der Waals surface area (Å²) in [6.07, 6.45) is 3.33. The van der Waals surface area contributed by atoms with Gasteiger partial charge in [0, 0.05) is 44.8 Å². The number of aliphatic carboxylic acids is 1. The van der Waals surface area contributed by atoms with Crippen molar-refractivity contribution in [3.63, 3.8) is 0 Å². The molecule has 3 heterocycles. The summed E-state index contributed by atoms with van der Waals surface area (Å²) in [6.45, 7) is 4.29. The van der Waals surface area contributed by atoms with E-state index in [2.05, 4.69) is 10.2 Å². The first-order valence-corrected chi connectivity index (χ1v) is 13.8. The van der Waals surface area contributed by atoms with Gasteiger partial charge in [0.05, 0.1) is 25.9 Å². The van der Waals surface area contributed by atoms with Crippen molar-refractivity contribution >= 4 is 23.6 Å². The molecule has 0 radical (unpaired) electrons. The molecule has 0 unspecified atom stereocenters. The number of nitrogens with one attached hydrogen (secondary N) is 1. The average Bonchev–Trinajstić information content (AvgIpc) is 3.34.